The summed E-state index contributed by atoms with van der Waals surface area (Å²) in [7, 11) is 0. The quantitative estimate of drug-likeness (QED) is 0.224. The minimum Gasteiger partial charge on any atom is -0.458 e. The summed E-state index contributed by atoms with van der Waals surface area (Å²) in [5.41, 5.74) is 5.94. The third-order valence-electron chi connectivity index (χ3n) is 8.89. The number of para-hydroxylation sites is 1. The first-order valence-electron chi connectivity index (χ1n) is 14.8. The maximum Gasteiger partial charge on any atom is 0.142 e. The predicted molar refractivity (Wildman–Crippen MR) is 184 cm³/mol. The molecular formula is C39H24N2O2S. The molecule has 0 amide bonds. The molecule has 0 saturated heterocycles. The van der Waals surface area contributed by atoms with Crippen molar-refractivity contribution in [3.8, 4) is 0 Å². The smallest absolute Gasteiger partial charge is 0.142 e. The maximum absolute atomic E-state index is 6.49. The number of rotatable bonds is 3. The molecule has 0 radical (unpaired) electrons. The lowest BCUT2D eigenvalue weighted by atomic mass is 10.0. The van der Waals surface area contributed by atoms with E-state index in [-0.39, 0.29) is 0 Å². The molecule has 1 aliphatic rings. The number of hydrogen-bond acceptors (Lipinski definition) is 5. The van der Waals surface area contributed by atoms with E-state index in [0.29, 0.717) is 6.54 Å². The normalized spacial score (nSPS) is 13.2. The van der Waals surface area contributed by atoms with Crippen molar-refractivity contribution in [3.05, 3.63) is 138 Å². The largest absolute Gasteiger partial charge is 0.458 e. The van der Waals surface area contributed by atoms with Gasteiger partial charge in [0.05, 0.1) is 12.2 Å². The van der Waals surface area contributed by atoms with Crippen molar-refractivity contribution in [2.24, 2.45) is 0 Å². The first kappa shape index (κ1) is 24.0. The monoisotopic (exact) mass is 584 g/mol. The van der Waals surface area contributed by atoms with Crippen LogP contribution in [-0.2, 0) is 6.54 Å². The number of furan rings is 2. The highest BCUT2D eigenvalue weighted by Crippen LogP contribution is 2.42. The van der Waals surface area contributed by atoms with E-state index < -0.39 is 0 Å². The van der Waals surface area contributed by atoms with E-state index in [1.165, 1.54) is 25.6 Å². The molecule has 0 saturated carbocycles. The van der Waals surface area contributed by atoms with Crippen LogP contribution in [0.25, 0.3) is 69.9 Å². The zero-order valence-electron chi connectivity index (χ0n) is 23.5. The molecule has 0 spiro atoms. The molecule has 1 aliphatic heterocycles. The number of benzene rings is 6. The molecule has 208 valence electrons. The van der Waals surface area contributed by atoms with E-state index >= 15 is 0 Å². The number of anilines is 2. The van der Waals surface area contributed by atoms with Gasteiger partial charge in [-0.3, -0.25) is 4.90 Å². The molecule has 4 nitrogen and oxygen atoms in total. The SMILES string of the molecule is C1=C(N(c2ccc3c(c2)oc2ccccc23)c2ccc3c(c2)sc2ccccc23)NCc2oc3c(ccc4ccccc43)c21. The first-order chi connectivity index (χ1) is 21.8. The number of nitrogens with one attached hydrogen (secondary N) is 1. The van der Waals surface area contributed by atoms with Gasteiger partial charge in [0.1, 0.15) is 28.3 Å². The molecule has 0 aliphatic carbocycles. The zero-order chi connectivity index (χ0) is 28.8. The fraction of sp³-hybridized carbons (Fsp3) is 0.0256. The van der Waals surface area contributed by atoms with Gasteiger partial charge in [-0.1, -0.05) is 72.8 Å². The van der Waals surface area contributed by atoms with E-state index in [1.807, 2.05) is 23.5 Å². The lowest BCUT2D eigenvalue weighted by Gasteiger charge is -2.30. The fourth-order valence-electron chi connectivity index (χ4n) is 6.82. The minimum absolute atomic E-state index is 0.596. The van der Waals surface area contributed by atoms with Crippen molar-refractivity contribution in [1.82, 2.24) is 5.32 Å². The Labute approximate surface area is 256 Å². The molecule has 6 aromatic carbocycles. The van der Waals surface area contributed by atoms with Crippen LogP contribution in [0.2, 0.25) is 0 Å². The van der Waals surface area contributed by atoms with Gasteiger partial charge in [-0.2, -0.15) is 0 Å². The Morgan fingerprint density at radius 3 is 2.20 bits per heavy atom. The molecule has 4 heterocycles. The van der Waals surface area contributed by atoms with Crippen molar-refractivity contribution < 1.29 is 8.83 Å². The Balaban J connectivity index is 1.20. The van der Waals surface area contributed by atoms with Crippen molar-refractivity contribution in [3.63, 3.8) is 0 Å². The summed E-state index contributed by atoms with van der Waals surface area (Å²) in [6, 6.07) is 43.0. The van der Waals surface area contributed by atoms with Crippen molar-refractivity contribution >= 4 is 92.6 Å². The summed E-state index contributed by atoms with van der Waals surface area (Å²) in [6.45, 7) is 0.596. The molecular weight excluding hydrogens is 561 g/mol. The third kappa shape index (κ3) is 3.44. The van der Waals surface area contributed by atoms with E-state index in [9.17, 15) is 0 Å². The van der Waals surface area contributed by atoms with Gasteiger partial charge in [-0.15, -0.1) is 11.3 Å². The van der Waals surface area contributed by atoms with Crippen LogP contribution in [0, 0.1) is 0 Å². The molecule has 0 unspecified atom stereocenters. The lowest BCUT2D eigenvalue weighted by molar-refractivity contribution is 0.527. The molecule has 0 bridgehead atoms. The van der Waals surface area contributed by atoms with Gasteiger partial charge < -0.3 is 14.2 Å². The highest BCUT2D eigenvalue weighted by atomic mass is 32.1. The highest BCUT2D eigenvalue weighted by molar-refractivity contribution is 7.25. The van der Waals surface area contributed by atoms with Gasteiger partial charge in [0.15, 0.2) is 0 Å². The van der Waals surface area contributed by atoms with Crippen LogP contribution in [0.5, 0.6) is 0 Å². The van der Waals surface area contributed by atoms with Gasteiger partial charge in [0.25, 0.3) is 0 Å². The van der Waals surface area contributed by atoms with Crippen LogP contribution < -0.4 is 10.2 Å². The van der Waals surface area contributed by atoms with Crippen LogP contribution in [0.3, 0.4) is 0 Å². The summed E-state index contributed by atoms with van der Waals surface area (Å²) >= 11 is 1.83. The lowest BCUT2D eigenvalue weighted by Crippen LogP contribution is -2.29. The predicted octanol–water partition coefficient (Wildman–Crippen LogP) is 11.1. The fourth-order valence-corrected chi connectivity index (χ4v) is 7.96. The number of fused-ring (bicyclic) bond motifs is 11. The second-order valence-electron chi connectivity index (χ2n) is 11.4. The Morgan fingerprint density at radius 1 is 0.568 bits per heavy atom. The van der Waals surface area contributed by atoms with Crippen LogP contribution in [0.4, 0.5) is 11.4 Å². The summed E-state index contributed by atoms with van der Waals surface area (Å²) in [5.74, 6) is 1.94. The molecule has 9 aromatic rings. The van der Waals surface area contributed by atoms with Gasteiger partial charge in [0, 0.05) is 59.0 Å². The van der Waals surface area contributed by atoms with Crippen molar-refractivity contribution in [2.75, 3.05) is 4.90 Å². The Morgan fingerprint density at radius 2 is 1.27 bits per heavy atom. The zero-order valence-corrected chi connectivity index (χ0v) is 24.3. The van der Waals surface area contributed by atoms with Crippen LogP contribution in [-0.4, -0.2) is 0 Å². The van der Waals surface area contributed by atoms with Gasteiger partial charge >= 0.3 is 0 Å². The number of nitrogens with zero attached hydrogens (tertiary/aromatic N) is 1. The van der Waals surface area contributed by atoms with Crippen molar-refractivity contribution in [2.45, 2.75) is 6.54 Å². The Bertz CT molecular complexity index is 2520. The molecule has 0 atom stereocenters. The second-order valence-corrected chi connectivity index (χ2v) is 12.5. The van der Waals surface area contributed by atoms with Crippen LogP contribution >= 0.6 is 11.3 Å². The second kappa shape index (κ2) is 8.99. The van der Waals surface area contributed by atoms with E-state index in [2.05, 4.69) is 125 Å². The summed E-state index contributed by atoms with van der Waals surface area (Å²) in [5, 5.41) is 12.0. The minimum atomic E-state index is 0.596. The number of hydrogen-bond donors (Lipinski definition) is 1. The van der Waals surface area contributed by atoms with Gasteiger partial charge in [-0.25, -0.2) is 0 Å². The molecule has 3 aromatic heterocycles. The maximum atomic E-state index is 6.49. The van der Waals surface area contributed by atoms with E-state index in [0.717, 1.165) is 66.8 Å². The van der Waals surface area contributed by atoms with Crippen LogP contribution in [0.1, 0.15) is 11.3 Å². The van der Waals surface area contributed by atoms with Crippen LogP contribution in [0.15, 0.2) is 136 Å². The Kier molecular flexibility index (Phi) is 4.90. The third-order valence-corrected chi connectivity index (χ3v) is 10.0. The van der Waals surface area contributed by atoms with E-state index in [1.54, 1.807) is 0 Å². The molecule has 1 N–H and O–H groups in total. The van der Waals surface area contributed by atoms with Gasteiger partial charge in [0.2, 0.25) is 0 Å². The summed E-state index contributed by atoms with van der Waals surface area (Å²) in [6.07, 6.45) is 2.23. The number of thiophene rings is 1. The average Bonchev–Trinajstić information content (AvgIpc) is 3.75. The highest BCUT2D eigenvalue weighted by Gasteiger charge is 2.25. The summed E-state index contributed by atoms with van der Waals surface area (Å²) in [4.78, 5) is 2.30. The first-order valence-corrected chi connectivity index (χ1v) is 15.6. The molecule has 5 heteroatoms. The topological polar surface area (TPSA) is 41.6 Å². The molecule has 0 fully saturated rings. The Hall–Kier alpha value is -5.52. The van der Waals surface area contributed by atoms with Crippen molar-refractivity contribution in [1.29, 1.82) is 0 Å². The average molecular weight is 585 g/mol. The van der Waals surface area contributed by atoms with Gasteiger partial charge in [-0.05, 0) is 53.9 Å². The molecule has 44 heavy (non-hydrogen) atoms. The van der Waals surface area contributed by atoms with E-state index in [4.69, 9.17) is 8.83 Å². The summed E-state index contributed by atoms with van der Waals surface area (Å²) < 4.78 is 15.4. The standard InChI is InChI=1S/C39H24N2O2S/c1-2-8-26-23(7-1)13-16-31-32-21-38(40-22-35(32)43-39(26)31)41(24-14-17-28-27-9-3-5-11-33(27)42-34(28)19-24)25-15-18-30-29-10-4-6-12-36(29)44-37(30)20-25/h1-21,40H,22H2. The molecule has 10 rings (SSSR count).